The van der Waals surface area contributed by atoms with Gasteiger partial charge in [0.1, 0.15) is 11.8 Å². The minimum atomic E-state index is -0.934. The predicted octanol–water partition coefficient (Wildman–Crippen LogP) is 3.30. The molecule has 0 aliphatic carbocycles. The summed E-state index contributed by atoms with van der Waals surface area (Å²) in [6.45, 7) is 0. The SMILES string of the molecule is COc1ccccc1NC(=O)c1ccc(N[C@@H](C(=O)NC(N)=O)c2ccccc2)cc1. The van der Waals surface area contributed by atoms with Crippen molar-refractivity contribution in [1.29, 1.82) is 0 Å². The predicted molar refractivity (Wildman–Crippen MR) is 118 cm³/mol. The number of primary amides is 1. The molecule has 31 heavy (non-hydrogen) atoms. The van der Waals surface area contributed by atoms with Gasteiger partial charge in [-0.05, 0) is 42.0 Å². The van der Waals surface area contributed by atoms with E-state index in [9.17, 15) is 14.4 Å². The monoisotopic (exact) mass is 418 g/mol. The first-order valence-electron chi connectivity index (χ1n) is 9.44. The highest BCUT2D eigenvalue weighted by Gasteiger charge is 2.21. The third-order valence-corrected chi connectivity index (χ3v) is 4.45. The van der Waals surface area contributed by atoms with E-state index in [0.717, 1.165) is 0 Å². The topological polar surface area (TPSA) is 123 Å². The van der Waals surface area contributed by atoms with E-state index in [4.69, 9.17) is 10.5 Å². The molecule has 8 nitrogen and oxygen atoms in total. The first kappa shape index (κ1) is 21.4. The fraction of sp³-hybridized carbons (Fsp3) is 0.0870. The number of urea groups is 1. The molecule has 0 bridgehead atoms. The summed E-state index contributed by atoms with van der Waals surface area (Å²) in [4.78, 5) is 36.1. The average Bonchev–Trinajstić information content (AvgIpc) is 2.78. The van der Waals surface area contributed by atoms with Crippen LogP contribution in [0, 0.1) is 0 Å². The average molecular weight is 418 g/mol. The number of hydrogen-bond donors (Lipinski definition) is 4. The van der Waals surface area contributed by atoms with Gasteiger partial charge >= 0.3 is 6.03 Å². The second-order valence-electron chi connectivity index (χ2n) is 6.57. The molecule has 0 aliphatic heterocycles. The lowest BCUT2D eigenvalue weighted by Gasteiger charge is -2.19. The maximum Gasteiger partial charge on any atom is 0.318 e. The second-order valence-corrected chi connectivity index (χ2v) is 6.57. The molecule has 0 fully saturated rings. The number of amides is 4. The Labute approximate surface area is 179 Å². The van der Waals surface area contributed by atoms with Gasteiger partial charge in [-0.15, -0.1) is 0 Å². The number of hydrogen-bond acceptors (Lipinski definition) is 5. The van der Waals surface area contributed by atoms with Crippen LogP contribution in [0.5, 0.6) is 5.75 Å². The molecule has 0 radical (unpaired) electrons. The highest BCUT2D eigenvalue weighted by Crippen LogP contribution is 2.24. The van der Waals surface area contributed by atoms with Crippen molar-refractivity contribution in [1.82, 2.24) is 5.32 Å². The van der Waals surface area contributed by atoms with Crippen LogP contribution in [0.2, 0.25) is 0 Å². The van der Waals surface area contributed by atoms with Crippen molar-refractivity contribution >= 4 is 29.2 Å². The van der Waals surface area contributed by atoms with Crippen LogP contribution in [0.15, 0.2) is 78.9 Å². The lowest BCUT2D eigenvalue weighted by Crippen LogP contribution is -2.40. The number of rotatable bonds is 7. The summed E-state index contributed by atoms with van der Waals surface area (Å²) >= 11 is 0. The molecule has 1 atom stereocenters. The number of carbonyl (C=O) groups excluding carboxylic acids is 3. The third kappa shape index (κ3) is 5.60. The number of para-hydroxylation sites is 2. The molecule has 0 unspecified atom stereocenters. The molecule has 3 aromatic rings. The summed E-state index contributed by atoms with van der Waals surface area (Å²) < 4.78 is 5.24. The summed E-state index contributed by atoms with van der Waals surface area (Å²) in [5, 5.41) is 7.96. The number of nitrogens with two attached hydrogens (primary N) is 1. The molecule has 0 aliphatic rings. The standard InChI is InChI=1S/C23H22N4O4/c1-31-19-10-6-5-9-18(19)26-21(28)16-11-13-17(14-12-16)25-20(22(29)27-23(24)30)15-7-3-2-4-8-15/h2-14,20,25H,1H3,(H,26,28)(H3,24,27,29,30)/t20-/m1/s1. The van der Waals surface area contributed by atoms with Crippen LogP contribution in [-0.2, 0) is 4.79 Å². The number of anilines is 2. The molecule has 3 rings (SSSR count). The molecular formula is C23H22N4O4. The van der Waals surface area contributed by atoms with E-state index in [1.54, 1.807) is 66.7 Å². The fourth-order valence-corrected chi connectivity index (χ4v) is 2.97. The Morgan fingerprint density at radius 2 is 1.52 bits per heavy atom. The molecule has 158 valence electrons. The van der Waals surface area contributed by atoms with E-state index >= 15 is 0 Å². The van der Waals surface area contributed by atoms with Gasteiger partial charge in [0.2, 0.25) is 0 Å². The van der Waals surface area contributed by atoms with Gasteiger partial charge in [-0.25, -0.2) is 4.79 Å². The molecule has 0 aromatic heterocycles. The van der Waals surface area contributed by atoms with E-state index in [1.807, 2.05) is 12.1 Å². The van der Waals surface area contributed by atoms with Gasteiger partial charge in [-0.3, -0.25) is 14.9 Å². The van der Waals surface area contributed by atoms with Crippen LogP contribution >= 0.6 is 0 Å². The molecule has 0 saturated heterocycles. The zero-order chi connectivity index (χ0) is 22.2. The van der Waals surface area contributed by atoms with E-state index < -0.39 is 18.0 Å². The highest BCUT2D eigenvalue weighted by atomic mass is 16.5. The first-order chi connectivity index (χ1) is 15.0. The summed E-state index contributed by atoms with van der Waals surface area (Å²) in [5.41, 5.74) is 7.31. The maximum atomic E-state index is 12.6. The number of imide groups is 1. The van der Waals surface area contributed by atoms with Crippen molar-refractivity contribution in [2.45, 2.75) is 6.04 Å². The summed E-state index contributed by atoms with van der Waals surface area (Å²) in [6, 6.07) is 20.8. The van der Waals surface area contributed by atoms with Crippen LogP contribution in [0.1, 0.15) is 22.0 Å². The molecule has 0 heterocycles. The van der Waals surface area contributed by atoms with Gasteiger partial charge < -0.3 is 21.1 Å². The second kappa shape index (κ2) is 9.93. The Morgan fingerprint density at radius 1 is 0.871 bits per heavy atom. The minimum absolute atomic E-state index is 0.304. The van der Waals surface area contributed by atoms with Crippen LogP contribution < -0.4 is 26.4 Å². The maximum absolute atomic E-state index is 12.6. The molecular weight excluding hydrogens is 396 g/mol. The van der Waals surface area contributed by atoms with Gasteiger partial charge in [-0.2, -0.15) is 0 Å². The summed E-state index contributed by atoms with van der Waals surface area (Å²) in [5.74, 6) is -0.334. The van der Waals surface area contributed by atoms with Crippen molar-refractivity contribution in [3.63, 3.8) is 0 Å². The fourth-order valence-electron chi connectivity index (χ4n) is 2.97. The Balaban J connectivity index is 1.75. The molecule has 0 spiro atoms. The van der Waals surface area contributed by atoms with E-state index in [0.29, 0.717) is 28.3 Å². The normalized spacial score (nSPS) is 11.1. The van der Waals surface area contributed by atoms with Gasteiger partial charge in [0.05, 0.1) is 12.8 Å². The zero-order valence-electron chi connectivity index (χ0n) is 16.8. The smallest absolute Gasteiger partial charge is 0.318 e. The largest absolute Gasteiger partial charge is 0.495 e. The molecule has 0 saturated carbocycles. The van der Waals surface area contributed by atoms with Gasteiger partial charge in [0, 0.05) is 11.3 Å². The van der Waals surface area contributed by atoms with E-state index in [-0.39, 0.29) is 5.91 Å². The number of nitrogens with one attached hydrogen (secondary N) is 3. The van der Waals surface area contributed by atoms with Crippen molar-refractivity contribution in [2.24, 2.45) is 5.73 Å². The van der Waals surface area contributed by atoms with E-state index in [1.165, 1.54) is 7.11 Å². The zero-order valence-corrected chi connectivity index (χ0v) is 16.8. The van der Waals surface area contributed by atoms with Crippen molar-refractivity contribution in [3.05, 3.63) is 90.0 Å². The van der Waals surface area contributed by atoms with Crippen LogP contribution in [0.3, 0.4) is 0 Å². The number of ether oxygens (including phenoxy) is 1. The van der Waals surface area contributed by atoms with Crippen molar-refractivity contribution < 1.29 is 19.1 Å². The molecule has 5 N–H and O–H groups in total. The Bertz CT molecular complexity index is 1070. The van der Waals surface area contributed by atoms with Crippen molar-refractivity contribution in [2.75, 3.05) is 17.7 Å². The van der Waals surface area contributed by atoms with Gasteiger partial charge in [0.15, 0.2) is 0 Å². The molecule has 3 aromatic carbocycles. The number of carbonyl (C=O) groups is 3. The van der Waals surface area contributed by atoms with E-state index in [2.05, 4.69) is 16.0 Å². The lowest BCUT2D eigenvalue weighted by molar-refractivity contribution is -0.120. The van der Waals surface area contributed by atoms with Gasteiger partial charge in [0.25, 0.3) is 11.8 Å². The molecule has 8 heteroatoms. The molecule has 4 amide bonds. The Kier molecular flexibility index (Phi) is 6.85. The highest BCUT2D eigenvalue weighted by molar-refractivity contribution is 6.05. The Hall–Kier alpha value is -4.33. The van der Waals surface area contributed by atoms with Crippen LogP contribution in [-0.4, -0.2) is 25.0 Å². The summed E-state index contributed by atoms with van der Waals surface area (Å²) in [6.07, 6.45) is 0. The van der Waals surface area contributed by atoms with Crippen LogP contribution in [0.25, 0.3) is 0 Å². The number of methoxy groups -OCH3 is 1. The quantitative estimate of drug-likeness (QED) is 0.469. The minimum Gasteiger partial charge on any atom is -0.495 e. The number of benzene rings is 3. The summed E-state index contributed by atoms with van der Waals surface area (Å²) in [7, 11) is 1.53. The Morgan fingerprint density at radius 3 is 2.16 bits per heavy atom. The van der Waals surface area contributed by atoms with Crippen LogP contribution in [0.4, 0.5) is 16.2 Å². The first-order valence-corrected chi connectivity index (χ1v) is 9.44. The van der Waals surface area contributed by atoms with Crippen molar-refractivity contribution in [3.8, 4) is 5.75 Å². The van der Waals surface area contributed by atoms with Gasteiger partial charge in [-0.1, -0.05) is 42.5 Å². The third-order valence-electron chi connectivity index (χ3n) is 4.45. The lowest BCUT2D eigenvalue weighted by atomic mass is 10.1.